The van der Waals surface area contributed by atoms with E-state index in [9.17, 15) is 13.2 Å². The fourth-order valence-electron chi connectivity index (χ4n) is 2.88. The highest BCUT2D eigenvalue weighted by Crippen LogP contribution is 2.38. The van der Waals surface area contributed by atoms with Crippen molar-refractivity contribution in [2.45, 2.75) is 38.2 Å². The molecule has 0 aromatic heterocycles. The summed E-state index contributed by atoms with van der Waals surface area (Å²) in [7, 11) is -3.88. The molecule has 6 nitrogen and oxygen atoms in total. The van der Waals surface area contributed by atoms with Crippen LogP contribution in [0.15, 0.2) is 41.3 Å². The molecular weight excluding hydrogens is 354 g/mol. The van der Waals surface area contributed by atoms with Crippen LogP contribution in [-0.2, 0) is 16.4 Å². The van der Waals surface area contributed by atoms with Gasteiger partial charge in [0.15, 0.2) is 5.78 Å². The Morgan fingerprint density at radius 1 is 1.31 bits per heavy atom. The molecular formula is C19H21NO5S. The quantitative estimate of drug-likeness (QED) is 0.783. The fraction of sp³-hybridized carbons (Fsp3) is 0.316. The largest absolute Gasteiger partial charge is 0.492 e. The van der Waals surface area contributed by atoms with Crippen molar-refractivity contribution in [3.8, 4) is 11.5 Å². The number of fused-ring (bicyclic) bond motifs is 1. The molecule has 0 saturated heterocycles. The number of ketones is 1. The number of ether oxygens (including phenoxy) is 2. The van der Waals surface area contributed by atoms with Crippen LogP contribution in [0.3, 0.4) is 0 Å². The molecule has 1 aliphatic rings. The molecule has 0 aliphatic carbocycles. The number of carbonyl (C=O) groups excluding carboxylic acids is 1. The SMILES string of the molecule is CCOc1cc2c(cc1NS(=O)(=O)c1cccc(C(C)=O)c1)OC(C)C2. The van der Waals surface area contributed by atoms with Crippen LogP contribution < -0.4 is 14.2 Å². The standard InChI is InChI=1S/C19H21NO5S/c1-4-24-19-10-15-8-12(2)25-18(15)11-17(19)20-26(22,23)16-7-5-6-14(9-16)13(3)21/h5-7,9-12,20H,4,8H2,1-3H3. The van der Waals surface area contributed by atoms with Gasteiger partial charge in [-0.15, -0.1) is 0 Å². The van der Waals surface area contributed by atoms with Gasteiger partial charge in [0, 0.05) is 23.6 Å². The van der Waals surface area contributed by atoms with Crippen molar-refractivity contribution in [2.75, 3.05) is 11.3 Å². The minimum Gasteiger partial charge on any atom is -0.492 e. The predicted octanol–water partition coefficient (Wildman–Crippen LogP) is 3.41. The lowest BCUT2D eigenvalue weighted by Gasteiger charge is -2.15. The first-order valence-corrected chi connectivity index (χ1v) is 9.88. The monoisotopic (exact) mass is 375 g/mol. The summed E-state index contributed by atoms with van der Waals surface area (Å²) >= 11 is 0. The van der Waals surface area contributed by atoms with Crippen molar-refractivity contribution in [3.63, 3.8) is 0 Å². The number of benzene rings is 2. The molecule has 0 fully saturated rings. The minimum absolute atomic E-state index is 0.0161. The first-order chi connectivity index (χ1) is 12.3. The van der Waals surface area contributed by atoms with Crippen LogP contribution in [0.2, 0.25) is 0 Å². The van der Waals surface area contributed by atoms with Crippen LogP contribution in [0.1, 0.15) is 36.7 Å². The molecule has 1 N–H and O–H groups in total. The summed E-state index contributed by atoms with van der Waals surface area (Å²) in [5.41, 5.74) is 1.64. The molecule has 3 rings (SSSR count). The molecule has 1 aliphatic heterocycles. The maximum absolute atomic E-state index is 12.8. The molecule has 1 atom stereocenters. The van der Waals surface area contributed by atoms with Crippen LogP contribution in [0.4, 0.5) is 5.69 Å². The summed E-state index contributed by atoms with van der Waals surface area (Å²) in [5, 5.41) is 0. The van der Waals surface area contributed by atoms with E-state index in [1.807, 2.05) is 19.9 Å². The maximum Gasteiger partial charge on any atom is 0.262 e. The summed E-state index contributed by atoms with van der Waals surface area (Å²) in [6.07, 6.45) is 0.793. The van der Waals surface area contributed by atoms with Gasteiger partial charge in [-0.3, -0.25) is 9.52 Å². The highest BCUT2D eigenvalue weighted by Gasteiger charge is 2.24. The van der Waals surface area contributed by atoms with Crippen molar-refractivity contribution in [1.82, 2.24) is 0 Å². The van der Waals surface area contributed by atoms with Gasteiger partial charge in [0.05, 0.1) is 17.2 Å². The molecule has 1 unspecified atom stereocenters. The van der Waals surface area contributed by atoms with E-state index in [1.165, 1.54) is 19.1 Å². The summed E-state index contributed by atoms with van der Waals surface area (Å²) in [5.74, 6) is 0.906. The summed E-state index contributed by atoms with van der Waals surface area (Å²) in [6.45, 7) is 5.59. The Morgan fingerprint density at radius 3 is 2.77 bits per heavy atom. The molecule has 0 spiro atoms. The Kier molecular flexibility index (Phi) is 4.91. The first-order valence-electron chi connectivity index (χ1n) is 8.40. The van der Waals surface area contributed by atoms with Gasteiger partial charge >= 0.3 is 0 Å². The number of hydrogen-bond acceptors (Lipinski definition) is 5. The van der Waals surface area contributed by atoms with Gasteiger partial charge in [0.25, 0.3) is 10.0 Å². The van der Waals surface area contributed by atoms with E-state index < -0.39 is 10.0 Å². The van der Waals surface area contributed by atoms with Gasteiger partial charge in [-0.25, -0.2) is 8.42 Å². The van der Waals surface area contributed by atoms with Gasteiger partial charge < -0.3 is 9.47 Å². The summed E-state index contributed by atoms with van der Waals surface area (Å²) in [6, 6.07) is 9.39. The van der Waals surface area contributed by atoms with Gasteiger partial charge in [-0.1, -0.05) is 12.1 Å². The zero-order chi connectivity index (χ0) is 18.9. The number of nitrogens with one attached hydrogen (secondary N) is 1. The zero-order valence-electron chi connectivity index (χ0n) is 14.9. The third-order valence-electron chi connectivity index (χ3n) is 4.09. The predicted molar refractivity (Wildman–Crippen MR) is 98.7 cm³/mol. The molecule has 2 aromatic rings. The number of sulfonamides is 1. The van der Waals surface area contributed by atoms with E-state index in [2.05, 4.69) is 4.72 Å². The van der Waals surface area contributed by atoms with Crippen molar-refractivity contribution in [2.24, 2.45) is 0 Å². The molecule has 7 heteroatoms. The van der Waals surface area contributed by atoms with Crippen molar-refractivity contribution in [3.05, 3.63) is 47.5 Å². The molecule has 26 heavy (non-hydrogen) atoms. The second kappa shape index (κ2) is 6.99. The Labute approximate surface area is 153 Å². The Balaban J connectivity index is 1.98. The van der Waals surface area contributed by atoms with E-state index in [0.717, 1.165) is 12.0 Å². The third kappa shape index (κ3) is 3.67. The normalized spacial score (nSPS) is 15.9. The Morgan fingerprint density at radius 2 is 2.08 bits per heavy atom. The molecule has 138 valence electrons. The Hall–Kier alpha value is -2.54. The van der Waals surface area contributed by atoms with Crippen LogP contribution >= 0.6 is 0 Å². The lowest BCUT2D eigenvalue weighted by molar-refractivity contribution is 0.101. The van der Waals surface area contributed by atoms with Crippen molar-refractivity contribution >= 4 is 21.5 Å². The van der Waals surface area contributed by atoms with E-state index in [0.29, 0.717) is 29.4 Å². The smallest absolute Gasteiger partial charge is 0.262 e. The third-order valence-corrected chi connectivity index (χ3v) is 5.46. The van der Waals surface area contributed by atoms with Crippen LogP contribution in [0, 0.1) is 0 Å². The summed E-state index contributed by atoms with van der Waals surface area (Å²) in [4.78, 5) is 11.5. The maximum atomic E-state index is 12.8. The van der Waals surface area contributed by atoms with Gasteiger partial charge in [0.1, 0.15) is 17.6 Å². The van der Waals surface area contributed by atoms with Crippen LogP contribution in [0.25, 0.3) is 0 Å². The topological polar surface area (TPSA) is 81.7 Å². The van der Waals surface area contributed by atoms with E-state index in [4.69, 9.17) is 9.47 Å². The van der Waals surface area contributed by atoms with Crippen LogP contribution in [0.5, 0.6) is 11.5 Å². The highest BCUT2D eigenvalue weighted by molar-refractivity contribution is 7.92. The van der Waals surface area contributed by atoms with Crippen molar-refractivity contribution in [1.29, 1.82) is 0 Å². The number of anilines is 1. The number of hydrogen-bond donors (Lipinski definition) is 1. The fourth-order valence-corrected chi connectivity index (χ4v) is 3.99. The second-order valence-corrected chi connectivity index (χ2v) is 7.89. The van der Waals surface area contributed by atoms with E-state index in [-0.39, 0.29) is 16.8 Å². The zero-order valence-corrected chi connectivity index (χ0v) is 15.7. The number of rotatable bonds is 6. The van der Waals surface area contributed by atoms with Gasteiger partial charge in [0.2, 0.25) is 0 Å². The average molecular weight is 375 g/mol. The van der Waals surface area contributed by atoms with Gasteiger partial charge in [-0.2, -0.15) is 0 Å². The molecule has 0 saturated carbocycles. The minimum atomic E-state index is -3.88. The van der Waals surface area contributed by atoms with E-state index in [1.54, 1.807) is 18.2 Å². The lowest BCUT2D eigenvalue weighted by Crippen LogP contribution is -2.14. The van der Waals surface area contributed by atoms with Crippen molar-refractivity contribution < 1.29 is 22.7 Å². The van der Waals surface area contributed by atoms with Gasteiger partial charge in [-0.05, 0) is 39.0 Å². The average Bonchev–Trinajstić information content (AvgIpc) is 2.94. The molecule has 0 radical (unpaired) electrons. The first kappa shape index (κ1) is 18.3. The molecule has 2 aromatic carbocycles. The van der Waals surface area contributed by atoms with E-state index >= 15 is 0 Å². The highest BCUT2D eigenvalue weighted by atomic mass is 32.2. The molecule has 0 amide bonds. The Bertz CT molecular complexity index is 952. The summed E-state index contributed by atoms with van der Waals surface area (Å²) < 4.78 is 39.4. The number of carbonyl (C=O) groups is 1. The second-order valence-electron chi connectivity index (χ2n) is 6.21. The molecule has 1 heterocycles. The molecule has 0 bridgehead atoms. The van der Waals surface area contributed by atoms with Crippen LogP contribution in [-0.4, -0.2) is 26.9 Å². The number of Topliss-reactive ketones (excluding diaryl/α,β-unsaturated/α-hetero) is 1. The lowest BCUT2D eigenvalue weighted by atomic mass is 10.1.